The number of benzene rings is 1. The monoisotopic (exact) mass is 305 g/mol. The number of anilines is 2. The number of nitrogens with two attached hydrogens (primary N) is 2. The van der Waals surface area contributed by atoms with Crippen LogP contribution in [-0.2, 0) is 10.1 Å². The Hall–Kier alpha value is -2.70. The summed E-state index contributed by atoms with van der Waals surface area (Å²) >= 11 is 0. The highest BCUT2D eigenvalue weighted by Gasteiger charge is 2.18. The minimum atomic E-state index is -4.39. The lowest BCUT2D eigenvalue weighted by Gasteiger charge is -2.09. The summed E-state index contributed by atoms with van der Waals surface area (Å²) in [5, 5.41) is 9.12. The van der Waals surface area contributed by atoms with Gasteiger partial charge in [-0.05, 0) is 18.6 Å². The Balaban J connectivity index is 2.78. The summed E-state index contributed by atoms with van der Waals surface area (Å²) in [5.41, 5.74) is 11.8. The number of hydrogen-bond acceptors (Lipinski definition) is 7. The van der Waals surface area contributed by atoms with Crippen LogP contribution in [0.15, 0.2) is 23.1 Å². The predicted molar refractivity (Wildman–Crippen MR) is 75.6 cm³/mol. The zero-order chi connectivity index (χ0) is 15.8. The SMILES string of the molecule is Cc1ccc(-c2nc(N)nc(N)c2C#N)cc1S(=O)(=O)O. The molecule has 1 aromatic carbocycles. The van der Waals surface area contributed by atoms with Crippen molar-refractivity contribution in [1.82, 2.24) is 9.97 Å². The highest BCUT2D eigenvalue weighted by Crippen LogP contribution is 2.28. The van der Waals surface area contributed by atoms with Gasteiger partial charge in [0.1, 0.15) is 17.5 Å². The van der Waals surface area contributed by atoms with Gasteiger partial charge < -0.3 is 11.5 Å². The van der Waals surface area contributed by atoms with Crippen molar-refractivity contribution in [2.45, 2.75) is 11.8 Å². The van der Waals surface area contributed by atoms with Gasteiger partial charge in [-0.15, -0.1) is 0 Å². The lowest BCUT2D eigenvalue weighted by atomic mass is 10.1. The Morgan fingerprint density at radius 1 is 1.29 bits per heavy atom. The van der Waals surface area contributed by atoms with Gasteiger partial charge in [0.2, 0.25) is 5.95 Å². The van der Waals surface area contributed by atoms with Crippen molar-refractivity contribution >= 4 is 21.9 Å². The van der Waals surface area contributed by atoms with Gasteiger partial charge in [-0.25, -0.2) is 4.98 Å². The van der Waals surface area contributed by atoms with Crippen LogP contribution in [0.2, 0.25) is 0 Å². The number of aryl methyl sites for hydroxylation is 1. The molecule has 0 saturated carbocycles. The fourth-order valence-corrected chi connectivity index (χ4v) is 2.59. The van der Waals surface area contributed by atoms with E-state index in [9.17, 15) is 13.0 Å². The molecular weight excluding hydrogens is 294 g/mol. The first kappa shape index (κ1) is 14.7. The number of aromatic nitrogens is 2. The van der Waals surface area contributed by atoms with Gasteiger partial charge in [-0.2, -0.15) is 18.7 Å². The van der Waals surface area contributed by atoms with E-state index in [1.54, 1.807) is 6.07 Å². The van der Waals surface area contributed by atoms with Gasteiger partial charge >= 0.3 is 0 Å². The molecule has 0 radical (unpaired) electrons. The van der Waals surface area contributed by atoms with E-state index >= 15 is 0 Å². The molecule has 2 aromatic rings. The molecule has 0 bridgehead atoms. The quantitative estimate of drug-likeness (QED) is 0.685. The van der Waals surface area contributed by atoms with Crippen molar-refractivity contribution in [2.75, 3.05) is 11.5 Å². The minimum Gasteiger partial charge on any atom is -0.382 e. The predicted octanol–water partition coefficient (Wildman–Crippen LogP) is 0.735. The van der Waals surface area contributed by atoms with Crippen LogP contribution < -0.4 is 11.5 Å². The van der Waals surface area contributed by atoms with Crippen LogP contribution in [0.4, 0.5) is 11.8 Å². The fraction of sp³-hybridized carbons (Fsp3) is 0.0833. The molecule has 21 heavy (non-hydrogen) atoms. The molecule has 9 heteroatoms. The summed E-state index contributed by atoms with van der Waals surface area (Å²) < 4.78 is 31.9. The molecule has 8 nitrogen and oxygen atoms in total. The molecular formula is C12H11N5O3S. The number of nitrogens with zero attached hydrogens (tertiary/aromatic N) is 3. The fourth-order valence-electron chi connectivity index (χ4n) is 1.84. The number of hydrogen-bond donors (Lipinski definition) is 3. The third kappa shape index (κ3) is 2.76. The maximum Gasteiger partial charge on any atom is 0.294 e. The molecule has 0 saturated heterocycles. The smallest absolute Gasteiger partial charge is 0.294 e. The zero-order valence-electron chi connectivity index (χ0n) is 10.9. The molecule has 0 spiro atoms. The summed E-state index contributed by atoms with van der Waals surface area (Å²) in [6.07, 6.45) is 0. The minimum absolute atomic E-state index is 0.0191. The van der Waals surface area contributed by atoms with Crippen LogP contribution in [0.25, 0.3) is 11.3 Å². The average molecular weight is 305 g/mol. The number of nitrogen functional groups attached to an aromatic ring is 2. The summed E-state index contributed by atoms with van der Waals surface area (Å²) in [6.45, 7) is 1.53. The first-order valence-corrected chi connectivity index (χ1v) is 7.09. The van der Waals surface area contributed by atoms with E-state index in [-0.39, 0.29) is 33.5 Å². The summed E-state index contributed by atoms with van der Waals surface area (Å²) in [6, 6.07) is 6.07. The lowest BCUT2D eigenvalue weighted by molar-refractivity contribution is 0.482. The van der Waals surface area contributed by atoms with E-state index < -0.39 is 10.1 Å². The van der Waals surface area contributed by atoms with Crippen molar-refractivity contribution in [1.29, 1.82) is 5.26 Å². The molecule has 1 aromatic heterocycles. The van der Waals surface area contributed by atoms with E-state index in [1.165, 1.54) is 19.1 Å². The van der Waals surface area contributed by atoms with Crippen molar-refractivity contribution in [3.8, 4) is 17.3 Å². The number of nitriles is 1. The third-order valence-electron chi connectivity index (χ3n) is 2.81. The maximum absolute atomic E-state index is 11.3. The van der Waals surface area contributed by atoms with Crippen LogP contribution in [0.1, 0.15) is 11.1 Å². The second kappa shape index (κ2) is 5.01. The molecule has 0 atom stereocenters. The van der Waals surface area contributed by atoms with Crippen LogP contribution in [-0.4, -0.2) is 22.9 Å². The largest absolute Gasteiger partial charge is 0.382 e. The van der Waals surface area contributed by atoms with Crippen LogP contribution in [0.5, 0.6) is 0 Å². The molecule has 2 rings (SSSR count). The van der Waals surface area contributed by atoms with Gasteiger partial charge in [0, 0.05) is 5.56 Å². The lowest BCUT2D eigenvalue weighted by Crippen LogP contribution is -2.06. The Bertz CT molecular complexity index is 871. The molecule has 0 aliphatic carbocycles. The molecule has 0 aliphatic heterocycles. The van der Waals surface area contributed by atoms with Crippen LogP contribution >= 0.6 is 0 Å². The van der Waals surface area contributed by atoms with Crippen molar-refractivity contribution in [3.05, 3.63) is 29.3 Å². The summed E-state index contributed by atoms with van der Waals surface area (Å²) in [4.78, 5) is 7.31. The van der Waals surface area contributed by atoms with E-state index in [0.717, 1.165) is 0 Å². The molecule has 1 heterocycles. The van der Waals surface area contributed by atoms with Gasteiger partial charge in [0.05, 0.1) is 10.6 Å². The van der Waals surface area contributed by atoms with E-state index in [2.05, 4.69) is 9.97 Å². The second-order valence-corrected chi connectivity index (χ2v) is 5.65. The molecule has 0 unspecified atom stereocenters. The average Bonchev–Trinajstić information content (AvgIpc) is 2.37. The summed E-state index contributed by atoms with van der Waals surface area (Å²) in [7, 11) is -4.39. The second-order valence-electron chi connectivity index (χ2n) is 4.26. The van der Waals surface area contributed by atoms with Crippen molar-refractivity contribution in [2.24, 2.45) is 0 Å². The summed E-state index contributed by atoms with van der Waals surface area (Å²) in [5.74, 6) is -0.246. The van der Waals surface area contributed by atoms with Crippen LogP contribution in [0, 0.1) is 18.3 Å². The Morgan fingerprint density at radius 2 is 1.95 bits per heavy atom. The van der Waals surface area contributed by atoms with Crippen LogP contribution in [0.3, 0.4) is 0 Å². The van der Waals surface area contributed by atoms with Gasteiger partial charge in [-0.3, -0.25) is 4.55 Å². The first-order chi connectivity index (χ1) is 9.74. The van der Waals surface area contributed by atoms with Crippen molar-refractivity contribution in [3.63, 3.8) is 0 Å². The molecule has 108 valence electrons. The van der Waals surface area contributed by atoms with Gasteiger partial charge in [0.25, 0.3) is 10.1 Å². The first-order valence-electron chi connectivity index (χ1n) is 5.65. The normalized spacial score (nSPS) is 11.1. The van der Waals surface area contributed by atoms with E-state index in [0.29, 0.717) is 5.56 Å². The standard InChI is InChI=1S/C12H11N5O3S/c1-6-2-3-7(4-9(6)21(18,19)20)10-8(5-13)11(14)17-12(15)16-10/h2-4H,1H3,(H,18,19,20)(H4,14,15,16,17). The van der Waals surface area contributed by atoms with Gasteiger partial charge in [0.15, 0.2) is 0 Å². The Morgan fingerprint density at radius 3 is 2.52 bits per heavy atom. The highest BCUT2D eigenvalue weighted by molar-refractivity contribution is 7.85. The van der Waals surface area contributed by atoms with E-state index in [1.807, 2.05) is 6.07 Å². The Kier molecular flexibility index (Phi) is 3.51. The molecule has 0 aliphatic rings. The maximum atomic E-state index is 11.3. The number of rotatable bonds is 2. The van der Waals surface area contributed by atoms with E-state index in [4.69, 9.17) is 16.7 Å². The highest BCUT2D eigenvalue weighted by atomic mass is 32.2. The van der Waals surface area contributed by atoms with Crippen molar-refractivity contribution < 1.29 is 13.0 Å². The third-order valence-corrected chi connectivity index (χ3v) is 3.80. The Labute approximate surface area is 120 Å². The topological polar surface area (TPSA) is 156 Å². The molecule has 0 fully saturated rings. The molecule has 0 amide bonds. The molecule has 5 N–H and O–H groups in total. The zero-order valence-corrected chi connectivity index (χ0v) is 11.7. The van der Waals surface area contributed by atoms with Gasteiger partial charge in [-0.1, -0.05) is 12.1 Å².